The first-order valence-corrected chi connectivity index (χ1v) is 5.17. The number of ether oxygens (including phenoxy) is 2. The third-order valence-electron chi connectivity index (χ3n) is 2.48. The average Bonchev–Trinajstić information content (AvgIpc) is 3.05. The van der Waals surface area contributed by atoms with Gasteiger partial charge in [0.1, 0.15) is 6.10 Å². The molecule has 0 bridgehead atoms. The van der Waals surface area contributed by atoms with Gasteiger partial charge >= 0.3 is 0 Å². The quantitative estimate of drug-likeness (QED) is 0.668. The summed E-state index contributed by atoms with van der Waals surface area (Å²) in [5.41, 5.74) is 1.23. The molecule has 1 saturated heterocycles. The van der Waals surface area contributed by atoms with Crippen molar-refractivity contribution in [3.05, 3.63) is 35.9 Å². The van der Waals surface area contributed by atoms with Crippen molar-refractivity contribution >= 4 is 0 Å². The summed E-state index contributed by atoms with van der Waals surface area (Å²) in [6.07, 6.45) is 1.65. The van der Waals surface area contributed by atoms with Gasteiger partial charge in [-0.2, -0.15) is 0 Å². The Bertz CT molecular complexity index is 267. The molecule has 0 radical (unpaired) electrons. The summed E-state index contributed by atoms with van der Waals surface area (Å²) in [6.45, 7) is 3.70. The molecule has 2 nitrogen and oxygen atoms in total. The molecule has 1 aliphatic rings. The first kappa shape index (κ1) is 9.69. The highest BCUT2D eigenvalue weighted by molar-refractivity contribution is 5.13. The van der Waals surface area contributed by atoms with E-state index in [0.29, 0.717) is 12.7 Å². The van der Waals surface area contributed by atoms with Crippen molar-refractivity contribution in [3.8, 4) is 0 Å². The van der Waals surface area contributed by atoms with Crippen LogP contribution in [0.5, 0.6) is 0 Å². The predicted octanol–water partition coefficient (Wildman–Crippen LogP) is 2.38. The van der Waals surface area contributed by atoms with Crippen molar-refractivity contribution in [1.82, 2.24) is 0 Å². The lowest BCUT2D eigenvalue weighted by molar-refractivity contribution is 0.0194. The van der Waals surface area contributed by atoms with Gasteiger partial charge in [0.15, 0.2) is 0 Å². The predicted molar refractivity (Wildman–Crippen MR) is 55.1 cm³/mol. The van der Waals surface area contributed by atoms with Gasteiger partial charge in [0.25, 0.3) is 0 Å². The largest absolute Gasteiger partial charge is 0.371 e. The molecular weight excluding hydrogens is 176 g/mol. The second kappa shape index (κ2) is 4.58. The van der Waals surface area contributed by atoms with Crippen LogP contribution >= 0.6 is 0 Å². The van der Waals surface area contributed by atoms with Crippen molar-refractivity contribution in [2.45, 2.75) is 32.2 Å². The zero-order valence-electron chi connectivity index (χ0n) is 8.48. The second-order valence-electron chi connectivity index (χ2n) is 3.62. The molecular formula is C12H16O2. The minimum absolute atomic E-state index is 0.273. The van der Waals surface area contributed by atoms with Gasteiger partial charge in [0, 0.05) is 0 Å². The van der Waals surface area contributed by atoms with Gasteiger partial charge in [-0.05, 0) is 12.0 Å². The fourth-order valence-electron chi connectivity index (χ4n) is 1.54. The molecule has 1 aliphatic heterocycles. The van der Waals surface area contributed by atoms with Crippen LogP contribution in [0.1, 0.15) is 18.9 Å². The Hall–Kier alpha value is -0.860. The molecule has 0 saturated carbocycles. The first-order chi connectivity index (χ1) is 6.90. The molecule has 0 spiro atoms. The van der Waals surface area contributed by atoms with Gasteiger partial charge in [-0.15, -0.1) is 0 Å². The van der Waals surface area contributed by atoms with Crippen molar-refractivity contribution < 1.29 is 9.47 Å². The van der Waals surface area contributed by atoms with Crippen LogP contribution in [0.25, 0.3) is 0 Å². The van der Waals surface area contributed by atoms with Crippen molar-refractivity contribution in [3.63, 3.8) is 0 Å². The zero-order valence-corrected chi connectivity index (χ0v) is 8.48. The number of benzene rings is 1. The Morgan fingerprint density at radius 2 is 2.14 bits per heavy atom. The van der Waals surface area contributed by atoms with E-state index in [1.165, 1.54) is 5.56 Å². The number of epoxide rings is 1. The van der Waals surface area contributed by atoms with E-state index in [9.17, 15) is 0 Å². The maximum absolute atomic E-state index is 5.78. The lowest BCUT2D eigenvalue weighted by Gasteiger charge is -2.13. The molecule has 76 valence electrons. The SMILES string of the molecule is CC[C@H](OCc1ccccc1)[C@H]1CO1. The smallest absolute Gasteiger partial charge is 0.107 e. The van der Waals surface area contributed by atoms with Gasteiger partial charge in [-0.25, -0.2) is 0 Å². The van der Waals surface area contributed by atoms with Crippen LogP contribution in [0.15, 0.2) is 30.3 Å². The number of hydrogen-bond acceptors (Lipinski definition) is 2. The fraction of sp³-hybridized carbons (Fsp3) is 0.500. The Morgan fingerprint density at radius 3 is 2.71 bits per heavy atom. The second-order valence-corrected chi connectivity index (χ2v) is 3.62. The van der Waals surface area contributed by atoms with E-state index < -0.39 is 0 Å². The molecule has 0 aromatic heterocycles. The van der Waals surface area contributed by atoms with E-state index in [1.54, 1.807) is 0 Å². The van der Waals surface area contributed by atoms with Crippen LogP contribution in [0.4, 0.5) is 0 Å². The molecule has 0 amide bonds. The summed E-state index contributed by atoms with van der Waals surface area (Å²) < 4.78 is 11.0. The molecule has 0 unspecified atom stereocenters. The monoisotopic (exact) mass is 192 g/mol. The van der Waals surface area contributed by atoms with E-state index in [1.807, 2.05) is 18.2 Å². The Labute approximate surface area is 84.8 Å². The highest BCUT2D eigenvalue weighted by Gasteiger charge is 2.32. The number of rotatable bonds is 5. The van der Waals surface area contributed by atoms with Gasteiger partial charge in [-0.1, -0.05) is 37.3 Å². The molecule has 1 aromatic rings. The summed E-state index contributed by atoms with van der Waals surface area (Å²) in [7, 11) is 0. The van der Waals surface area contributed by atoms with Gasteiger partial charge in [-0.3, -0.25) is 0 Å². The number of hydrogen-bond donors (Lipinski definition) is 0. The summed E-state index contributed by atoms with van der Waals surface area (Å²) >= 11 is 0. The summed E-state index contributed by atoms with van der Waals surface area (Å²) in [4.78, 5) is 0. The Kier molecular flexibility index (Phi) is 3.17. The van der Waals surface area contributed by atoms with Crippen molar-refractivity contribution in [2.75, 3.05) is 6.61 Å². The molecule has 14 heavy (non-hydrogen) atoms. The van der Waals surface area contributed by atoms with Gasteiger partial charge in [0.2, 0.25) is 0 Å². The normalized spacial score (nSPS) is 21.9. The summed E-state index contributed by atoms with van der Waals surface area (Å²) in [6, 6.07) is 10.3. The van der Waals surface area contributed by atoms with E-state index in [-0.39, 0.29) is 6.10 Å². The first-order valence-electron chi connectivity index (χ1n) is 5.17. The van der Waals surface area contributed by atoms with Crippen LogP contribution in [0, 0.1) is 0 Å². The van der Waals surface area contributed by atoms with Crippen LogP contribution in [0.2, 0.25) is 0 Å². The maximum Gasteiger partial charge on any atom is 0.107 e. The van der Waals surface area contributed by atoms with E-state index in [2.05, 4.69) is 19.1 Å². The van der Waals surface area contributed by atoms with Crippen LogP contribution < -0.4 is 0 Å². The molecule has 1 heterocycles. The fourth-order valence-corrected chi connectivity index (χ4v) is 1.54. The molecule has 1 fully saturated rings. The third-order valence-corrected chi connectivity index (χ3v) is 2.48. The van der Waals surface area contributed by atoms with Crippen LogP contribution in [-0.4, -0.2) is 18.8 Å². The third kappa shape index (κ3) is 2.56. The Balaban J connectivity index is 1.81. The highest BCUT2D eigenvalue weighted by Crippen LogP contribution is 2.20. The minimum Gasteiger partial charge on any atom is -0.371 e. The van der Waals surface area contributed by atoms with Crippen LogP contribution in [0.3, 0.4) is 0 Å². The molecule has 0 aliphatic carbocycles. The van der Waals surface area contributed by atoms with E-state index in [0.717, 1.165) is 13.0 Å². The minimum atomic E-state index is 0.273. The van der Waals surface area contributed by atoms with E-state index >= 15 is 0 Å². The van der Waals surface area contributed by atoms with Gasteiger partial charge in [0.05, 0.1) is 19.3 Å². The summed E-state index contributed by atoms with van der Waals surface area (Å²) in [5.74, 6) is 0. The molecule has 0 N–H and O–H groups in total. The molecule has 2 atom stereocenters. The standard InChI is InChI=1S/C12H16O2/c1-2-11(12-9-14-12)13-8-10-6-4-3-5-7-10/h3-7,11-12H,2,8-9H2,1H3/t11-,12+/m0/s1. The van der Waals surface area contributed by atoms with Crippen molar-refractivity contribution in [1.29, 1.82) is 0 Å². The van der Waals surface area contributed by atoms with Gasteiger partial charge < -0.3 is 9.47 Å². The summed E-state index contributed by atoms with van der Waals surface area (Å²) in [5, 5.41) is 0. The zero-order chi connectivity index (χ0) is 9.80. The average molecular weight is 192 g/mol. The Morgan fingerprint density at radius 1 is 1.43 bits per heavy atom. The molecule has 1 aromatic carbocycles. The maximum atomic E-state index is 5.78. The molecule has 2 rings (SSSR count). The topological polar surface area (TPSA) is 21.8 Å². The highest BCUT2D eigenvalue weighted by atomic mass is 16.6. The molecule has 2 heteroatoms. The van der Waals surface area contributed by atoms with E-state index in [4.69, 9.17) is 9.47 Å². The van der Waals surface area contributed by atoms with Crippen LogP contribution in [-0.2, 0) is 16.1 Å². The van der Waals surface area contributed by atoms with Crippen molar-refractivity contribution in [2.24, 2.45) is 0 Å². The lowest BCUT2D eigenvalue weighted by atomic mass is 10.2. The lowest BCUT2D eigenvalue weighted by Crippen LogP contribution is -2.18.